The van der Waals surface area contributed by atoms with Crippen molar-refractivity contribution in [2.45, 2.75) is 13.3 Å². The number of halogens is 4. The van der Waals surface area contributed by atoms with Gasteiger partial charge >= 0.3 is 0 Å². The third kappa shape index (κ3) is 5.85. The van der Waals surface area contributed by atoms with Crippen molar-refractivity contribution in [1.82, 2.24) is 4.90 Å². The molecular weight excluding hydrogens is 393 g/mol. The van der Waals surface area contributed by atoms with E-state index in [2.05, 4.69) is 5.32 Å². The molecule has 0 heterocycles. The van der Waals surface area contributed by atoms with Crippen molar-refractivity contribution < 1.29 is 22.8 Å². The maximum Gasteiger partial charge on any atom is 0.247 e. The predicted octanol–water partition coefficient (Wildman–Crippen LogP) is 4.65. The van der Waals surface area contributed by atoms with Crippen LogP contribution in [-0.4, -0.2) is 29.8 Å². The summed E-state index contributed by atoms with van der Waals surface area (Å²) >= 11 is 5.80. The molecule has 0 radical (unpaired) electrons. The second kappa shape index (κ2) is 9.94. The highest BCUT2D eigenvalue weighted by molar-refractivity contribution is 6.30. The molecule has 2 aromatic rings. The van der Waals surface area contributed by atoms with E-state index in [4.69, 9.17) is 11.6 Å². The highest BCUT2D eigenvalue weighted by Gasteiger charge is 2.18. The topological polar surface area (TPSA) is 49.4 Å². The van der Waals surface area contributed by atoms with Crippen LogP contribution in [0.15, 0.2) is 42.5 Å². The molecule has 0 aromatic heterocycles. The Kier molecular flexibility index (Phi) is 7.63. The minimum atomic E-state index is -1.68. The lowest BCUT2D eigenvalue weighted by atomic mass is 10.2. The standard InChI is InChI=1S/C20H18ClF3N2O2/c1-2-11-26(18(28)10-5-13-3-6-14(21)7-4-13)12-17(27)25-16-9-8-15(22)19(23)20(16)24/h3-10H,2,11-12H2,1H3,(H,25,27). The highest BCUT2D eigenvalue weighted by Crippen LogP contribution is 2.19. The van der Waals surface area contributed by atoms with Crippen molar-refractivity contribution in [2.24, 2.45) is 0 Å². The molecule has 2 rings (SSSR count). The molecule has 1 N–H and O–H groups in total. The van der Waals surface area contributed by atoms with E-state index in [0.717, 1.165) is 11.6 Å². The van der Waals surface area contributed by atoms with E-state index in [1.54, 1.807) is 30.3 Å². The van der Waals surface area contributed by atoms with E-state index in [1.807, 2.05) is 6.92 Å². The van der Waals surface area contributed by atoms with Crippen molar-refractivity contribution in [3.8, 4) is 0 Å². The summed E-state index contributed by atoms with van der Waals surface area (Å²) in [5.74, 6) is -5.68. The molecule has 0 aliphatic rings. The third-order valence-electron chi connectivity index (χ3n) is 3.74. The molecule has 8 heteroatoms. The predicted molar refractivity (Wildman–Crippen MR) is 102 cm³/mol. The van der Waals surface area contributed by atoms with Crippen molar-refractivity contribution in [3.05, 3.63) is 70.5 Å². The van der Waals surface area contributed by atoms with Gasteiger partial charge < -0.3 is 10.2 Å². The van der Waals surface area contributed by atoms with Gasteiger partial charge in [-0.25, -0.2) is 13.2 Å². The van der Waals surface area contributed by atoms with Crippen LogP contribution in [0.4, 0.5) is 18.9 Å². The van der Waals surface area contributed by atoms with Crippen LogP contribution in [-0.2, 0) is 9.59 Å². The fourth-order valence-electron chi connectivity index (χ4n) is 2.37. The van der Waals surface area contributed by atoms with E-state index < -0.39 is 35.0 Å². The summed E-state index contributed by atoms with van der Waals surface area (Å²) < 4.78 is 39.9. The lowest BCUT2D eigenvalue weighted by Crippen LogP contribution is -2.37. The number of rotatable bonds is 7. The first kappa shape index (κ1) is 21.5. The van der Waals surface area contributed by atoms with Crippen LogP contribution in [0.5, 0.6) is 0 Å². The number of carbonyl (C=O) groups excluding carboxylic acids is 2. The molecule has 2 amide bonds. The van der Waals surface area contributed by atoms with Crippen molar-refractivity contribution in [1.29, 1.82) is 0 Å². The number of hydrogen-bond acceptors (Lipinski definition) is 2. The van der Waals surface area contributed by atoms with Gasteiger partial charge in [-0.2, -0.15) is 0 Å². The Balaban J connectivity index is 2.04. The number of carbonyl (C=O) groups is 2. The molecule has 0 bridgehead atoms. The van der Waals surface area contributed by atoms with Crippen molar-refractivity contribution in [3.63, 3.8) is 0 Å². The average Bonchev–Trinajstić information content (AvgIpc) is 2.67. The zero-order chi connectivity index (χ0) is 20.7. The van der Waals surface area contributed by atoms with Crippen LogP contribution in [0, 0.1) is 17.5 Å². The van der Waals surface area contributed by atoms with Gasteiger partial charge in [-0.05, 0) is 42.3 Å². The molecule has 28 heavy (non-hydrogen) atoms. The first-order valence-corrected chi connectivity index (χ1v) is 8.85. The SMILES string of the molecule is CCCN(CC(=O)Nc1ccc(F)c(F)c1F)C(=O)C=Cc1ccc(Cl)cc1. The van der Waals surface area contributed by atoms with Gasteiger partial charge in [0.25, 0.3) is 0 Å². The average molecular weight is 411 g/mol. The Labute approximate surface area is 165 Å². The minimum absolute atomic E-state index is 0.289. The van der Waals surface area contributed by atoms with E-state index in [0.29, 0.717) is 17.5 Å². The van der Waals surface area contributed by atoms with E-state index in [9.17, 15) is 22.8 Å². The third-order valence-corrected chi connectivity index (χ3v) is 3.99. The molecule has 0 aliphatic carbocycles. The Morgan fingerprint density at radius 3 is 2.39 bits per heavy atom. The quantitative estimate of drug-likeness (QED) is 0.533. The lowest BCUT2D eigenvalue weighted by Gasteiger charge is -2.20. The van der Waals surface area contributed by atoms with Gasteiger partial charge in [-0.15, -0.1) is 0 Å². The summed E-state index contributed by atoms with van der Waals surface area (Å²) in [5, 5.41) is 2.72. The van der Waals surface area contributed by atoms with E-state index in [-0.39, 0.29) is 13.1 Å². The van der Waals surface area contributed by atoms with Gasteiger partial charge in [0, 0.05) is 17.6 Å². The largest absolute Gasteiger partial charge is 0.330 e. The number of nitrogens with one attached hydrogen (secondary N) is 1. The van der Waals surface area contributed by atoms with E-state index in [1.165, 1.54) is 11.0 Å². The second-order valence-corrected chi connectivity index (χ2v) is 6.35. The van der Waals surface area contributed by atoms with Crippen LogP contribution in [0.1, 0.15) is 18.9 Å². The number of anilines is 1. The highest BCUT2D eigenvalue weighted by atomic mass is 35.5. The summed E-state index contributed by atoms with van der Waals surface area (Å²) in [6.07, 6.45) is 3.48. The van der Waals surface area contributed by atoms with Gasteiger partial charge in [-0.3, -0.25) is 9.59 Å². The van der Waals surface area contributed by atoms with Crippen LogP contribution in [0.25, 0.3) is 6.08 Å². The molecular formula is C20H18ClF3N2O2. The van der Waals surface area contributed by atoms with Crippen molar-refractivity contribution in [2.75, 3.05) is 18.4 Å². The molecule has 2 aromatic carbocycles. The Hall–Kier alpha value is -2.80. The molecule has 4 nitrogen and oxygen atoms in total. The summed E-state index contributed by atoms with van der Waals surface area (Å²) in [7, 11) is 0. The zero-order valence-corrected chi connectivity index (χ0v) is 15.8. The van der Waals surface area contributed by atoms with Gasteiger partial charge in [0.2, 0.25) is 11.8 Å². The molecule has 0 aliphatic heterocycles. The van der Waals surface area contributed by atoms with Crippen molar-refractivity contribution >= 4 is 35.2 Å². The normalized spacial score (nSPS) is 10.9. The maximum absolute atomic E-state index is 13.7. The van der Waals surface area contributed by atoms with Gasteiger partial charge in [0.15, 0.2) is 17.5 Å². The molecule has 0 saturated carbocycles. The molecule has 0 saturated heterocycles. The maximum atomic E-state index is 13.7. The Morgan fingerprint density at radius 2 is 1.75 bits per heavy atom. The van der Waals surface area contributed by atoms with Crippen LogP contribution < -0.4 is 5.32 Å². The zero-order valence-electron chi connectivity index (χ0n) is 15.0. The molecule has 0 fully saturated rings. The lowest BCUT2D eigenvalue weighted by molar-refractivity contribution is -0.130. The Morgan fingerprint density at radius 1 is 1.07 bits per heavy atom. The van der Waals surface area contributed by atoms with Crippen LogP contribution in [0.2, 0.25) is 5.02 Å². The monoisotopic (exact) mass is 410 g/mol. The summed E-state index contributed by atoms with van der Waals surface area (Å²) in [6, 6.07) is 8.44. The second-order valence-electron chi connectivity index (χ2n) is 5.92. The number of amides is 2. The summed E-state index contributed by atoms with van der Waals surface area (Å²) in [6.45, 7) is 1.75. The fraction of sp³-hybridized carbons (Fsp3) is 0.200. The number of benzene rings is 2. The van der Waals surface area contributed by atoms with Crippen LogP contribution in [0.3, 0.4) is 0 Å². The van der Waals surface area contributed by atoms with E-state index >= 15 is 0 Å². The molecule has 0 atom stereocenters. The minimum Gasteiger partial charge on any atom is -0.330 e. The number of nitrogens with zero attached hydrogens (tertiary/aromatic N) is 1. The Bertz CT molecular complexity index is 886. The summed E-state index contributed by atoms with van der Waals surface area (Å²) in [5.41, 5.74) is 0.256. The van der Waals surface area contributed by atoms with Gasteiger partial charge in [0.1, 0.15) is 6.54 Å². The molecule has 0 unspecified atom stereocenters. The fourth-order valence-corrected chi connectivity index (χ4v) is 2.50. The first-order valence-electron chi connectivity index (χ1n) is 8.47. The smallest absolute Gasteiger partial charge is 0.247 e. The first-order chi connectivity index (χ1) is 13.3. The summed E-state index contributed by atoms with van der Waals surface area (Å²) in [4.78, 5) is 25.8. The molecule has 148 valence electrons. The van der Waals surface area contributed by atoms with Gasteiger partial charge in [-0.1, -0.05) is 30.7 Å². The van der Waals surface area contributed by atoms with Gasteiger partial charge in [0.05, 0.1) is 5.69 Å². The number of hydrogen-bond donors (Lipinski definition) is 1. The van der Waals surface area contributed by atoms with Crippen LogP contribution >= 0.6 is 11.6 Å². The molecule has 0 spiro atoms.